The molecule has 6 heteroatoms. The zero-order chi connectivity index (χ0) is 15.5. The monoisotopic (exact) mass is 307 g/mol. The summed E-state index contributed by atoms with van der Waals surface area (Å²) >= 11 is 0. The summed E-state index contributed by atoms with van der Waals surface area (Å²) in [6, 6.07) is 0. The Balaban J connectivity index is 4.85. The van der Waals surface area contributed by atoms with Crippen LogP contribution in [-0.2, 0) is 14.4 Å². The van der Waals surface area contributed by atoms with Crippen molar-refractivity contribution < 1.29 is 12.8 Å². The molecule has 0 aromatic carbocycles. The minimum Gasteiger partial charge on any atom is -0.416 e. The van der Waals surface area contributed by atoms with Gasteiger partial charge in [0.05, 0.1) is 5.25 Å². The Morgan fingerprint density at radius 3 is 2.16 bits per heavy atom. The van der Waals surface area contributed by atoms with Gasteiger partial charge < -0.3 is 4.43 Å². The van der Waals surface area contributed by atoms with Crippen molar-refractivity contribution in [2.24, 2.45) is 11.1 Å². The SMILES string of the molecule is C=CC[C@H](CO[Si](C)(C)C(C)(C)C)[C@@H](C)S(N)(=O)=O. The Labute approximate surface area is 119 Å². The third kappa shape index (κ3) is 5.77. The van der Waals surface area contributed by atoms with Crippen molar-refractivity contribution in [2.45, 2.75) is 57.5 Å². The van der Waals surface area contributed by atoms with Crippen LogP contribution in [0.15, 0.2) is 12.7 Å². The van der Waals surface area contributed by atoms with Gasteiger partial charge in [0.25, 0.3) is 0 Å². The highest BCUT2D eigenvalue weighted by Gasteiger charge is 2.38. The number of hydrogen-bond donors (Lipinski definition) is 1. The molecule has 0 aromatic heterocycles. The van der Waals surface area contributed by atoms with E-state index < -0.39 is 23.6 Å². The summed E-state index contributed by atoms with van der Waals surface area (Å²) in [5.74, 6) is -0.137. The molecule has 2 atom stereocenters. The first-order chi connectivity index (χ1) is 8.33. The van der Waals surface area contributed by atoms with E-state index in [1.807, 2.05) is 0 Å². The highest BCUT2D eigenvalue weighted by molar-refractivity contribution is 7.89. The Bertz CT molecular complexity index is 399. The van der Waals surface area contributed by atoms with Crippen LogP contribution < -0.4 is 5.14 Å². The summed E-state index contributed by atoms with van der Waals surface area (Å²) in [5, 5.41) is 4.72. The maximum Gasteiger partial charge on any atom is 0.212 e. The van der Waals surface area contributed by atoms with Crippen LogP contribution in [-0.4, -0.2) is 28.6 Å². The molecule has 0 unspecified atom stereocenters. The lowest BCUT2D eigenvalue weighted by Crippen LogP contribution is -2.44. The van der Waals surface area contributed by atoms with Crippen LogP contribution in [0, 0.1) is 5.92 Å². The second-order valence-corrected chi connectivity index (χ2v) is 13.4. The minimum absolute atomic E-state index is 0.108. The van der Waals surface area contributed by atoms with E-state index in [9.17, 15) is 8.42 Å². The smallest absolute Gasteiger partial charge is 0.212 e. The topological polar surface area (TPSA) is 69.4 Å². The zero-order valence-electron chi connectivity index (χ0n) is 13.1. The predicted molar refractivity (Wildman–Crippen MR) is 84.0 cm³/mol. The first kappa shape index (κ1) is 18.8. The van der Waals surface area contributed by atoms with Gasteiger partial charge in [-0.1, -0.05) is 26.8 Å². The van der Waals surface area contributed by atoms with Crippen molar-refractivity contribution in [3.8, 4) is 0 Å². The second kappa shape index (κ2) is 6.52. The molecular formula is C13H29NO3SSi. The molecule has 114 valence electrons. The van der Waals surface area contributed by atoms with Gasteiger partial charge in [0, 0.05) is 12.5 Å². The first-order valence-corrected chi connectivity index (χ1v) is 11.1. The van der Waals surface area contributed by atoms with Gasteiger partial charge in [-0.2, -0.15) is 0 Å². The fraction of sp³-hybridized carbons (Fsp3) is 0.846. The quantitative estimate of drug-likeness (QED) is 0.581. The molecule has 0 bridgehead atoms. The lowest BCUT2D eigenvalue weighted by molar-refractivity contribution is 0.226. The number of primary sulfonamides is 1. The molecule has 2 N–H and O–H groups in total. The van der Waals surface area contributed by atoms with Crippen molar-refractivity contribution in [2.75, 3.05) is 6.61 Å². The van der Waals surface area contributed by atoms with E-state index in [-0.39, 0.29) is 11.0 Å². The third-order valence-corrected chi connectivity index (χ3v) is 10.0. The molecule has 0 aliphatic rings. The largest absolute Gasteiger partial charge is 0.416 e. The van der Waals surface area contributed by atoms with Crippen molar-refractivity contribution in [1.82, 2.24) is 0 Å². The summed E-state index contributed by atoms with van der Waals surface area (Å²) in [4.78, 5) is 0. The molecule has 0 heterocycles. The van der Waals surface area contributed by atoms with Crippen LogP contribution in [0.4, 0.5) is 0 Å². The van der Waals surface area contributed by atoms with Gasteiger partial charge in [-0.05, 0) is 31.5 Å². The fourth-order valence-electron chi connectivity index (χ4n) is 1.41. The summed E-state index contributed by atoms with van der Waals surface area (Å²) < 4.78 is 29.0. The first-order valence-electron chi connectivity index (χ1n) is 6.59. The Kier molecular flexibility index (Phi) is 6.46. The molecule has 4 nitrogen and oxygen atoms in total. The Hall–Kier alpha value is -0.173. The van der Waals surface area contributed by atoms with E-state index in [0.717, 1.165) is 0 Å². The van der Waals surface area contributed by atoms with E-state index in [2.05, 4.69) is 40.4 Å². The molecular weight excluding hydrogens is 278 g/mol. The van der Waals surface area contributed by atoms with Gasteiger partial charge in [-0.3, -0.25) is 0 Å². The van der Waals surface area contributed by atoms with E-state index in [4.69, 9.17) is 9.56 Å². The van der Waals surface area contributed by atoms with Crippen molar-refractivity contribution >= 4 is 18.3 Å². The van der Waals surface area contributed by atoms with E-state index in [1.54, 1.807) is 13.0 Å². The maximum atomic E-state index is 11.5. The van der Waals surface area contributed by atoms with Crippen molar-refractivity contribution in [3.05, 3.63) is 12.7 Å². The van der Waals surface area contributed by atoms with Gasteiger partial charge in [0.1, 0.15) is 0 Å². The highest BCUT2D eigenvalue weighted by atomic mass is 32.2. The highest BCUT2D eigenvalue weighted by Crippen LogP contribution is 2.37. The van der Waals surface area contributed by atoms with Crippen LogP contribution in [0.2, 0.25) is 18.1 Å². The number of allylic oxidation sites excluding steroid dienone is 1. The zero-order valence-corrected chi connectivity index (χ0v) is 14.9. The van der Waals surface area contributed by atoms with E-state index in [1.165, 1.54) is 0 Å². The van der Waals surface area contributed by atoms with Crippen LogP contribution in [0.5, 0.6) is 0 Å². The standard InChI is InChI=1S/C13H29NO3SSi/c1-8-9-12(11(2)18(14,15)16)10-17-19(6,7)13(3,4)5/h8,11-12H,1,9-10H2,2-7H3,(H2,14,15,16)/t11-,12-/m1/s1. The third-order valence-electron chi connectivity index (χ3n) is 4.12. The fourth-order valence-corrected chi connectivity index (χ4v) is 3.20. The van der Waals surface area contributed by atoms with Crippen molar-refractivity contribution in [3.63, 3.8) is 0 Å². The van der Waals surface area contributed by atoms with E-state index in [0.29, 0.717) is 13.0 Å². The summed E-state index contributed by atoms with van der Waals surface area (Å²) in [7, 11) is -5.41. The summed E-state index contributed by atoms with van der Waals surface area (Å²) in [6.07, 6.45) is 2.31. The molecule has 0 rings (SSSR count). The number of nitrogens with two attached hydrogens (primary N) is 1. The lowest BCUT2D eigenvalue weighted by Gasteiger charge is -2.37. The summed E-state index contributed by atoms with van der Waals surface area (Å²) in [5.41, 5.74) is 0. The minimum atomic E-state index is -3.54. The molecule has 19 heavy (non-hydrogen) atoms. The number of hydrogen-bond acceptors (Lipinski definition) is 3. The van der Waals surface area contributed by atoms with Crippen LogP contribution >= 0.6 is 0 Å². The van der Waals surface area contributed by atoms with Crippen molar-refractivity contribution in [1.29, 1.82) is 0 Å². The lowest BCUT2D eigenvalue weighted by atomic mass is 10.0. The number of sulfonamides is 1. The van der Waals surface area contributed by atoms with Gasteiger partial charge in [0.15, 0.2) is 8.32 Å². The maximum absolute atomic E-state index is 11.5. The number of rotatable bonds is 7. The molecule has 0 saturated heterocycles. The normalized spacial score (nSPS) is 17.0. The van der Waals surface area contributed by atoms with Gasteiger partial charge in [-0.15, -0.1) is 6.58 Å². The molecule has 0 aromatic rings. The van der Waals surface area contributed by atoms with Crippen LogP contribution in [0.25, 0.3) is 0 Å². The van der Waals surface area contributed by atoms with Crippen LogP contribution in [0.1, 0.15) is 34.1 Å². The molecule has 0 spiro atoms. The van der Waals surface area contributed by atoms with Gasteiger partial charge in [-0.25, -0.2) is 13.6 Å². The molecule has 0 aliphatic heterocycles. The second-order valence-electron chi connectivity index (χ2n) is 6.65. The van der Waals surface area contributed by atoms with Gasteiger partial charge >= 0.3 is 0 Å². The molecule has 0 saturated carbocycles. The molecule has 0 amide bonds. The molecule has 0 aliphatic carbocycles. The average Bonchev–Trinajstić information content (AvgIpc) is 2.20. The van der Waals surface area contributed by atoms with Crippen LogP contribution in [0.3, 0.4) is 0 Å². The van der Waals surface area contributed by atoms with E-state index >= 15 is 0 Å². The Morgan fingerprint density at radius 2 is 1.84 bits per heavy atom. The Morgan fingerprint density at radius 1 is 1.37 bits per heavy atom. The predicted octanol–water partition coefficient (Wildman–Crippen LogP) is 2.88. The van der Waals surface area contributed by atoms with Gasteiger partial charge in [0.2, 0.25) is 10.0 Å². The molecule has 0 radical (unpaired) electrons. The summed E-state index contributed by atoms with van der Waals surface area (Å²) in [6.45, 7) is 16.5. The molecule has 0 fully saturated rings. The average molecular weight is 308 g/mol.